The maximum atomic E-state index is 12.7. The number of methoxy groups -OCH3 is 1. The first-order chi connectivity index (χ1) is 15.4. The van der Waals surface area contributed by atoms with Crippen LogP contribution < -0.4 is 16.2 Å². The lowest BCUT2D eigenvalue weighted by Crippen LogP contribution is -2.07. The van der Waals surface area contributed by atoms with Gasteiger partial charge < -0.3 is 34.5 Å². The fourth-order valence-corrected chi connectivity index (χ4v) is 3.72. The second-order valence-corrected chi connectivity index (χ2v) is 6.86. The lowest BCUT2D eigenvalue weighted by atomic mass is 9.95. The van der Waals surface area contributed by atoms with Crippen molar-refractivity contribution in [2.45, 2.75) is 13.8 Å². The Morgan fingerprint density at radius 1 is 0.938 bits per heavy atom. The number of nitrogens with two attached hydrogens (primary N) is 2. The van der Waals surface area contributed by atoms with Crippen molar-refractivity contribution < 1.29 is 32.6 Å². The Balaban J connectivity index is 2.16. The number of furan rings is 2. The smallest absolute Gasteiger partial charge is 0.344 e. The molecule has 0 spiro atoms. The predicted molar refractivity (Wildman–Crippen MR) is 119 cm³/mol. The summed E-state index contributed by atoms with van der Waals surface area (Å²) in [5, 5.41) is 0.751. The number of benzene rings is 2. The van der Waals surface area contributed by atoms with E-state index in [1.807, 2.05) is 0 Å². The van der Waals surface area contributed by atoms with Gasteiger partial charge in [-0.25, -0.2) is 9.59 Å². The van der Waals surface area contributed by atoms with Crippen LogP contribution in [-0.2, 0) is 9.47 Å². The monoisotopic (exact) mass is 438 g/mol. The maximum absolute atomic E-state index is 12.7. The molecular formula is C23H22N2O7. The van der Waals surface area contributed by atoms with Crippen molar-refractivity contribution in [3.63, 3.8) is 0 Å². The fraction of sp³-hybridized carbons (Fsp3) is 0.217. The van der Waals surface area contributed by atoms with E-state index in [-0.39, 0.29) is 47.3 Å². The van der Waals surface area contributed by atoms with Crippen molar-refractivity contribution in [2.24, 2.45) is 0 Å². The SMILES string of the molecule is CCOC(=O)c1c(N)oc2c(-c3cccc(OC)c3)c3c(C(=O)OCC)c(N)oc3cc12. The van der Waals surface area contributed by atoms with Crippen LogP contribution in [0.4, 0.5) is 11.8 Å². The minimum Gasteiger partial charge on any atom is -0.497 e. The highest BCUT2D eigenvalue weighted by Gasteiger charge is 2.30. The van der Waals surface area contributed by atoms with Crippen molar-refractivity contribution in [1.29, 1.82) is 0 Å². The molecule has 0 radical (unpaired) electrons. The van der Waals surface area contributed by atoms with Gasteiger partial charge in [-0.05, 0) is 37.6 Å². The van der Waals surface area contributed by atoms with Crippen molar-refractivity contribution in [3.05, 3.63) is 41.5 Å². The summed E-state index contributed by atoms with van der Waals surface area (Å²) in [5.74, 6) is -0.920. The lowest BCUT2D eigenvalue weighted by Gasteiger charge is -2.09. The molecule has 166 valence electrons. The van der Waals surface area contributed by atoms with E-state index >= 15 is 0 Å². The van der Waals surface area contributed by atoms with Gasteiger partial charge in [-0.15, -0.1) is 0 Å². The van der Waals surface area contributed by atoms with E-state index in [1.54, 1.807) is 51.3 Å². The third kappa shape index (κ3) is 3.27. The first-order valence-corrected chi connectivity index (χ1v) is 9.96. The fourth-order valence-electron chi connectivity index (χ4n) is 3.72. The highest BCUT2D eigenvalue weighted by molar-refractivity contribution is 6.22. The summed E-state index contributed by atoms with van der Waals surface area (Å²) < 4.78 is 27.2. The number of rotatable bonds is 6. The quantitative estimate of drug-likeness (QED) is 0.420. The Morgan fingerprint density at radius 3 is 2.25 bits per heavy atom. The van der Waals surface area contributed by atoms with Gasteiger partial charge in [0.25, 0.3) is 0 Å². The zero-order chi connectivity index (χ0) is 23.0. The number of carbonyl (C=O) groups is 2. The Bertz CT molecular complexity index is 1350. The summed E-state index contributed by atoms with van der Waals surface area (Å²) in [7, 11) is 1.54. The second-order valence-electron chi connectivity index (χ2n) is 6.86. The third-order valence-corrected chi connectivity index (χ3v) is 5.01. The molecule has 2 aromatic heterocycles. The van der Waals surface area contributed by atoms with E-state index in [4.69, 9.17) is 34.5 Å². The molecule has 9 heteroatoms. The summed E-state index contributed by atoms with van der Waals surface area (Å²) >= 11 is 0. The number of carbonyl (C=O) groups excluding carboxylic acids is 2. The molecule has 0 atom stereocenters. The average Bonchev–Trinajstić information content (AvgIpc) is 3.27. The molecule has 2 heterocycles. The molecule has 32 heavy (non-hydrogen) atoms. The molecule has 0 aliphatic carbocycles. The zero-order valence-corrected chi connectivity index (χ0v) is 17.8. The van der Waals surface area contributed by atoms with Crippen LogP contribution in [-0.4, -0.2) is 32.3 Å². The van der Waals surface area contributed by atoms with Gasteiger partial charge in [0.15, 0.2) is 0 Å². The Hall–Kier alpha value is -4.14. The molecular weight excluding hydrogens is 416 g/mol. The van der Waals surface area contributed by atoms with E-state index in [2.05, 4.69) is 0 Å². The van der Waals surface area contributed by atoms with Gasteiger partial charge in [-0.3, -0.25) is 0 Å². The van der Waals surface area contributed by atoms with Crippen molar-refractivity contribution in [1.82, 2.24) is 0 Å². The number of fused-ring (bicyclic) bond motifs is 2. The molecule has 4 rings (SSSR count). The van der Waals surface area contributed by atoms with Crippen LogP contribution in [0.5, 0.6) is 5.75 Å². The van der Waals surface area contributed by atoms with Gasteiger partial charge in [-0.2, -0.15) is 0 Å². The number of nitrogen functional groups attached to an aromatic ring is 2. The molecule has 0 aliphatic rings. The first-order valence-electron chi connectivity index (χ1n) is 9.96. The molecule has 0 aliphatic heterocycles. The van der Waals surface area contributed by atoms with Gasteiger partial charge in [0.2, 0.25) is 11.8 Å². The predicted octanol–water partition coefficient (Wildman–Crippen LogP) is 4.37. The Kier molecular flexibility index (Phi) is 5.40. The van der Waals surface area contributed by atoms with Gasteiger partial charge >= 0.3 is 11.9 Å². The molecule has 0 amide bonds. The van der Waals surface area contributed by atoms with Crippen LogP contribution in [0.15, 0.2) is 39.2 Å². The Morgan fingerprint density at radius 2 is 1.59 bits per heavy atom. The molecule has 2 aromatic carbocycles. The minimum atomic E-state index is -0.641. The zero-order valence-electron chi connectivity index (χ0n) is 17.8. The lowest BCUT2D eigenvalue weighted by molar-refractivity contribution is 0.0519. The summed E-state index contributed by atoms with van der Waals surface area (Å²) in [4.78, 5) is 25.3. The summed E-state index contributed by atoms with van der Waals surface area (Å²) in [6.45, 7) is 3.70. The molecule has 0 saturated carbocycles. The summed E-state index contributed by atoms with van der Waals surface area (Å²) in [6.07, 6.45) is 0. The third-order valence-electron chi connectivity index (χ3n) is 5.01. The topological polar surface area (TPSA) is 140 Å². The Labute approximate surface area is 182 Å². The number of hydrogen-bond acceptors (Lipinski definition) is 9. The van der Waals surface area contributed by atoms with Crippen LogP contribution in [0.2, 0.25) is 0 Å². The van der Waals surface area contributed by atoms with E-state index in [1.165, 1.54) is 0 Å². The van der Waals surface area contributed by atoms with Crippen LogP contribution >= 0.6 is 0 Å². The van der Waals surface area contributed by atoms with Crippen LogP contribution in [0, 0.1) is 0 Å². The summed E-state index contributed by atoms with van der Waals surface area (Å²) in [6, 6.07) is 8.68. The van der Waals surface area contributed by atoms with Gasteiger partial charge in [0.1, 0.15) is 28.0 Å². The van der Waals surface area contributed by atoms with Crippen molar-refractivity contribution >= 4 is 45.6 Å². The standard InChI is InChI=1S/C23H22N2O7/c1-4-29-22(26)16-13-10-14-17(18(21(25)31-14)23(27)30-5-2)15(19(13)32-20(16)24)11-7-6-8-12(9-11)28-3/h6-10H,4-5,24-25H2,1-3H3. The highest BCUT2D eigenvalue weighted by Crippen LogP contribution is 2.45. The van der Waals surface area contributed by atoms with Crippen LogP contribution in [0.1, 0.15) is 34.6 Å². The highest BCUT2D eigenvalue weighted by atomic mass is 16.5. The van der Waals surface area contributed by atoms with E-state index in [0.29, 0.717) is 27.6 Å². The van der Waals surface area contributed by atoms with Gasteiger partial charge in [0, 0.05) is 16.3 Å². The molecule has 9 nitrogen and oxygen atoms in total. The number of ether oxygens (including phenoxy) is 3. The second kappa shape index (κ2) is 8.18. The van der Waals surface area contributed by atoms with E-state index in [9.17, 15) is 9.59 Å². The molecule has 0 saturated heterocycles. The number of anilines is 2. The maximum Gasteiger partial charge on any atom is 0.344 e. The minimum absolute atomic E-state index is 0.0641. The first kappa shape index (κ1) is 21.1. The number of esters is 2. The van der Waals surface area contributed by atoms with Gasteiger partial charge in [0.05, 0.1) is 20.3 Å². The molecule has 0 fully saturated rings. The molecule has 0 bridgehead atoms. The summed E-state index contributed by atoms with van der Waals surface area (Å²) in [5.41, 5.74) is 13.9. The average molecular weight is 438 g/mol. The van der Waals surface area contributed by atoms with E-state index in [0.717, 1.165) is 0 Å². The van der Waals surface area contributed by atoms with Crippen LogP contribution in [0.25, 0.3) is 33.1 Å². The van der Waals surface area contributed by atoms with Crippen LogP contribution in [0.3, 0.4) is 0 Å². The van der Waals surface area contributed by atoms with E-state index < -0.39 is 11.9 Å². The molecule has 0 unspecified atom stereocenters. The van der Waals surface area contributed by atoms with Gasteiger partial charge in [-0.1, -0.05) is 12.1 Å². The largest absolute Gasteiger partial charge is 0.497 e. The van der Waals surface area contributed by atoms with Crippen molar-refractivity contribution in [2.75, 3.05) is 31.8 Å². The molecule has 4 N–H and O–H groups in total. The molecule has 4 aromatic rings. The van der Waals surface area contributed by atoms with Crippen molar-refractivity contribution in [3.8, 4) is 16.9 Å². The number of hydrogen-bond donors (Lipinski definition) is 2. The normalized spacial score (nSPS) is 11.1.